The van der Waals surface area contributed by atoms with Crippen LogP contribution in [0.4, 0.5) is 0 Å². The fourth-order valence-electron chi connectivity index (χ4n) is 2.93. The minimum Gasteiger partial charge on any atom is -0.378 e. The van der Waals surface area contributed by atoms with Crippen molar-refractivity contribution in [2.24, 2.45) is 5.73 Å². The van der Waals surface area contributed by atoms with Crippen LogP contribution in [0.3, 0.4) is 0 Å². The van der Waals surface area contributed by atoms with Crippen LogP contribution in [0.25, 0.3) is 0 Å². The fraction of sp³-hybridized carbons (Fsp3) is 0.625. The Hall–Kier alpha value is -0.900. The van der Waals surface area contributed by atoms with Gasteiger partial charge in [0.05, 0.1) is 13.2 Å². The average molecular weight is 262 g/mol. The summed E-state index contributed by atoms with van der Waals surface area (Å²) in [5, 5.41) is 0. The Morgan fingerprint density at radius 3 is 2.68 bits per heavy atom. The Labute approximate surface area is 116 Å². The summed E-state index contributed by atoms with van der Waals surface area (Å²) in [6, 6.07) is 11.1. The number of morpholine rings is 1. The number of nitrogens with two attached hydrogens (primary N) is 1. The summed E-state index contributed by atoms with van der Waals surface area (Å²) in [5.41, 5.74) is 7.50. The molecule has 0 bridgehead atoms. The molecule has 1 aromatic carbocycles. The van der Waals surface area contributed by atoms with Gasteiger partial charge in [-0.3, -0.25) is 4.90 Å². The molecule has 1 aliphatic rings. The van der Waals surface area contributed by atoms with Crippen LogP contribution >= 0.6 is 0 Å². The van der Waals surface area contributed by atoms with E-state index in [1.165, 1.54) is 5.56 Å². The molecule has 106 valence electrons. The minimum atomic E-state index is 0.0962. The van der Waals surface area contributed by atoms with Crippen molar-refractivity contribution in [3.05, 3.63) is 35.9 Å². The fourth-order valence-corrected chi connectivity index (χ4v) is 2.93. The van der Waals surface area contributed by atoms with Crippen LogP contribution in [0.1, 0.15) is 25.8 Å². The number of nitrogens with zero attached hydrogens (tertiary/aromatic N) is 1. The van der Waals surface area contributed by atoms with E-state index in [-0.39, 0.29) is 5.54 Å². The molecule has 0 spiro atoms. The Kier molecular flexibility index (Phi) is 4.97. The normalized spacial score (nSPS) is 21.2. The van der Waals surface area contributed by atoms with E-state index in [1.54, 1.807) is 0 Å². The van der Waals surface area contributed by atoms with Gasteiger partial charge in [-0.15, -0.1) is 0 Å². The van der Waals surface area contributed by atoms with Crippen LogP contribution < -0.4 is 5.73 Å². The summed E-state index contributed by atoms with van der Waals surface area (Å²) < 4.78 is 5.59. The molecule has 0 amide bonds. The van der Waals surface area contributed by atoms with Crippen LogP contribution in [-0.4, -0.2) is 42.8 Å². The van der Waals surface area contributed by atoms with Gasteiger partial charge in [0.1, 0.15) is 0 Å². The lowest BCUT2D eigenvalue weighted by Gasteiger charge is -2.46. The molecule has 1 fully saturated rings. The second-order valence-corrected chi connectivity index (χ2v) is 5.97. The molecule has 3 nitrogen and oxygen atoms in total. The van der Waals surface area contributed by atoms with E-state index in [0.717, 1.165) is 39.1 Å². The molecule has 0 aromatic heterocycles. The second-order valence-electron chi connectivity index (χ2n) is 5.97. The number of aryl methyl sites for hydroxylation is 1. The van der Waals surface area contributed by atoms with Crippen LogP contribution in [0.15, 0.2) is 30.3 Å². The van der Waals surface area contributed by atoms with Gasteiger partial charge in [0.25, 0.3) is 0 Å². The van der Waals surface area contributed by atoms with Gasteiger partial charge in [-0.1, -0.05) is 30.3 Å². The molecule has 0 saturated carbocycles. The van der Waals surface area contributed by atoms with E-state index in [9.17, 15) is 0 Å². The molecule has 2 rings (SSSR count). The molecule has 1 atom stereocenters. The van der Waals surface area contributed by atoms with E-state index in [4.69, 9.17) is 10.5 Å². The molecule has 1 unspecified atom stereocenters. The van der Waals surface area contributed by atoms with Gasteiger partial charge in [0.2, 0.25) is 0 Å². The van der Waals surface area contributed by atoms with Gasteiger partial charge in [-0.05, 0) is 32.3 Å². The second kappa shape index (κ2) is 6.51. The molecule has 1 aliphatic heterocycles. The molecule has 3 heteroatoms. The molecule has 0 radical (unpaired) electrons. The highest BCUT2D eigenvalue weighted by atomic mass is 16.5. The van der Waals surface area contributed by atoms with E-state index in [2.05, 4.69) is 49.1 Å². The first-order chi connectivity index (χ1) is 9.13. The van der Waals surface area contributed by atoms with Gasteiger partial charge in [0.15, 0.2) is 0 Å². The van der Waals surface area contributed by atoms with E-state index in [1.807, 2.05) is 0 Å². The number of ether oxygens (including phenoxy) is 1. The van der Waals surface area contributed by atoms with Crippen molar-refractivity contribution in [2.45, 2.75) is 38.3 Å². The number of benzene rings is 1. The smallest absolute Gasteiger partial charge is 0.0645 e. The maximum atomic E-state index is 6.01. The molecule has 1 aromatic rings. The third kappa shape index (κ3) is 3.78. The monoisotopic (exact) mass is 262 g/mol. The first kappa shape index (κ1) is 14.5. The van der Waals surface area contributed by atoms with Crippen LogP contribution in [0.2, 0.25) is 0 Å². The summed E-state index contributed by atoms with van der Waals surface area (Å²) in [5.74, 6) is 0. The lowest BCUT2D eigenvalue weighted by molar-refractivity contribution is -0.0715. The van der Waals surface area contributed by atoms with Crippen molar-refractivity contribution in [1.82, 2.24) is 4.90 Å². The average Bonchev–Trinajstić information content (AvgIpc) is 2.42. The quantitative estimate of drug-likeness (QED) is 0.882. The summed E-state index contributed by atoms with van der Waals surface area (Å²) in [7, 11) is 0. The van der Waals surface area contributed by atoms with Gasteiger partial charge >= 0.3 is 0 Å². The standard InChI is InChI=1S/C16H26N2O/c1-16(2)13-19-11-10-18(16)15(12-17)9-8-14-6-4-3-5-7-14/h3-7,15H,8-13,17H2,1-2H3. The lowest BCUT2D eigenvalue weighted by atomic mass is 9.96. The van der Waals surface area contributed by atoms with Gasteiger partial charge in [0, 0.05) is 24.7 Å². The predicted octanol–water partition coefficient (Wildman–Crippen LogP) is 2.06. The van der Waals surface area contributed by atoms with Crippen LogP contribution in [0.5, 0.6) is 0 Å². The van der Waals surface area contributed by atoms with Crippen LogP contribution in [0, 0.1) is 0 Å². The van der Waals surface area contributed by atoms with E-state index < -0.39 is 0 Å². The summed E-state index contributed by atoms with van der Waals surface area (Å²) >= 11 is 0. The highest BCUT2D eigenvalue weighted by Crippen LogP contribution is 2.23. The maximum Gasteiger partial charge on any atom is 0.0645 e. The zero-order chi connectivity index (χ0) is 13.7. The largest absolute Gasteiger partial charge is 0.378 e. The molecule has 1 saturated heterocycles. The Bertz CT molecular complexity index is 378. The van der Waals surface area contributed by atoms with Crippen molar-refractivity contribution in [3.8, 4) is 0 Å². The zero-order valence-electron chi connectivity index (χ0n) is 12.1. The third-order valence-electron chi connectivity index (χ3n) is 4.03. The Balaban J connectivity index is 1.96. The van der Waals surface area contributed by atoms with Gasteiger partial charge in [-0.25, -0.2) is 0 Å². The third-order valence-corrected chi connectivity index (χ3v) is 4.03. The molecule has 2 N–H and O–H groups in total. The van der Waals surface area contributed by atoms with Gasteiger partial charge in [-0.2, -0.15) is 0 Å². The number of rotatable bonds is 5. The highest BCUT2D eigenvalue weighted by Gasteiger charge is 2.34. The SMILES string of the molecule is CC1(C)COCCN1C(CN)CCc1ccccc1. The predicted molar refractivity (Wildman–Crippen MR) is 79.2 cm³/mol. The summed E-state index contributed by atoms with van der Waals surface area (Å²) in [4.78, 5) is 2.53. The first-order valence-corrected chi connectivity index (χ1v) is 7.22. The molecule has 1 heterocycles. The maximum absolute atomic E-state index is 6.01. The highest BCUT2D eigenvalue weighted by molar-refractivity contribution is 5.14. The molecular formula is C16H26N2O. The Morgan fingerprint density at radius 1 is 1.32 bits per heavy atom. The van der Waals surface area contributed by atoms with Crippen molar-refractivity contribution >= 4 is 0 Å². The first-order valence-electron chi connectivity index (χ1n) is 7.22. The van der Waals surface area contributed by atoms with Crippen molar-refractivity contribution < 1.29 is 4.74 Å². The summed E-state index contributed by atoms with van der Waals surface area (Å²) in [6.07, 6.45) is 2.21. The van der Waals surface area contributed by atoms with Crippen molar-refractivity contribution in [2.75, 3.05) is 26.3 Å². The van der Waals surface area contributed by atoms with E-state index in [0.29, 0.717) is 6.04 Å². The molecular weight excluding hydrogens is 236 g/mol. The minimum absolute atomic E-state index is 0.0962. The number of hydrogen-bond acceptors (Lipinski definition) is 3. The van der Waals surface area contributed by atoms with Crippen LogP contribution in [-0.2, 0) is 11.2 Å². The topological polar surface area (TPSA) is 38.5 Å². The van der Waals surface area contributed by atoms with Crippen molar-refractivity contribution in [3.63, 3.8) is 0 Å². The molecule has 19 heavy (non-hydrogen) atoms. The van der Waals surface area contributed by atoms with E-state index >= 15 is 0 Å². The molecule has 0 aliphatic carbocycles. The number of hydrogen-bond donors (Lipinski definition) is 1. The van der Waals surface area contributed by atoms with Crippen molar-refractivity contribution in [1.29, 1.82) is 0 Å². The van der Waals surface area contributed by atoms with Gasteiger partial charge < -0.3 is 10.5 Å². The zero-order valence-corrected chi connectivity index (χ0v) is 12.1. The summed E-state index contributed by atoms with van der Waals surface area (Å²) in [6.45, 7) is 7.83. The Morgan fingerprint density at radius 2 is 2.05 bits per heavy atom. The lowest BCUT2D eigenvalue weighted by Crippen LogP contribution is -2.59.